The van der Waals surface area contributed by atoms with Gasteiger partial charge in [0.1, 0.15) is 27.9 Å². The lowest BCUT2D eigenvalue weighted by molar-refractivity contribution is -0.145. The van der Waals surface area contributed by atoms with Gasteiger partial charge in [0, 0.05) is 17.2 Å². The van der Waals surface area contributed by atoms with Crippen molar-refractivity contribution in [3.8, 4) is 22.6 Å². The van der Waals surface area contributed by atoms with Gasteiger partial charge >= 0.3 is 5.97 Å². The number of hydrogen-bond acceptors (Lipinski definition) is 4. The van der Waals surface area contributed by atoms with Gasteiger partial charge in [0.15, 0.2) is 5.82 Å². The number of nitrogens with one attached hydrogen (secondary N) is 1. The molecule has 6 nitrogen and oxygen atoms in total. The van der Waals surface area contributed by atoms with Gasteiger partial charge < -0.3 is 19.9 Å². The molecule has 0 atom stereocenters. The van der Waals surface area contributed by atoms with Crippen molar-refractivity contribution in [2.75, 3.05) is 14.2 Å². The fraction of sp³-hybridized carbons (Fsp3) is 0.364. The van der Waals surface area contributed by atoms with Gasteiger partial charge in [0.25, 0.3) is 5.91 Å². The molecule has 1 saturated carbocycles. The quantitative estimate of drug-likeness (QED) is 0.612. The van der Waals surface area contributed by atoms with Gasteiger partial charge in [0.2, 0.25) is 0 Å². The van der Waals surface area contributed by atoms with Crippen molar-refractivity contribution in [2.45, 2.75) is 37.6 Å². The minimum Gasteiger partial charge on any atom is -0.496 e. The van der Waals surface area contributed by atoms with Crippen LogP contribution < -0.4 is 14.8 Å². The van der Waals surface area contributed by atoms with Crippen LogP contribution in [0.15, 0.2) is 24.3 Å². The van der Waals surface area contributed by atoms with E-state index in [1.807, 2.05) is 0 Å². The summed E-state index contributed by atoms with van der Waals surface area (Å²) in [6, 6.07) is 4.97. The number of carbonyl (C=O) groups excluding carboxylic acids is 1. The van der Waals surface area contributed by atoms with Crippen LogP contribution in [0.2, 0.25) is 5.02 Å². The Morgan fingerprint density at radius 2 is 1.71 bits per heavy atom. The molecule has 3 rings (SSSR count). The molecule has 0 spiro atoms. The maximum atomic E-state index is 14.9. The van der Waals surface area contributed by atoms with Crippen LogP contribution in [0.4, 0.5) is 8.78 Å². The number of carboxylic acids is 1. The van der Waals surface area contributed by atoms with E-state index in [0.717, 1.165) is 12.5 Å². The second kappa shape index (κ2) is 9.09. The summed E-state index contributed by atoms with van der Waals surface area (Å²) in [6.07, 6.45) is 2.89. The Hall–Kier alpha value is -2.87. The Kier molecular flexibility index (Phi) is 6.69. The van der Waals surface area contributed by atoms with E-state index in [0.29, 0.717) is 25.7 Å². The Labute approximate surface area is 183 Å². The van der Waals surface area contributed by atoms with Crippen LogP contribution in [-0.4, -0.2) is 36.7 Å². The molecule has 0 unspecified atom stereocenters. The highest BCUT2D eigenvalue weighted by atomic mass is 35.5. The normalized spacial score (nSPS) is 15.3. The summed E-state index contributed by atoms with van der Waals surface area (Å²) in [7, 11) is 2.55. The van der Waals surface area contributed by atoms with Crippen molar-refractivity contribution in [1.82, 2.24) is 5.32 Å². The van der Waals surface area contributed by atoms with Gasteiger partial charge in [-0.05, 0) is 31.0 Å². The van der Waals surface area contributed by atoms with E-state index < -0.39 is 39.6 Å². The zero-order chi connectivity index (χ0) is 22.8. The number of carbonyl (C=O) groups is 2. The number of benzene rings is 2. The second-order valence-corrected chi connectivity index (χ2v) is 7.76. The monoisotopic (exact) mass is 453 g/mol. The third-order valence-electron chi connectivity index (χ3n) is 5.55. The fourth-order valence-electron chi connectivity index (χ4n) is 3.85. The largest absolute Gasteiger partial charge is 0.496 e. The first kappa shape index (κ1) is 22.8. The van der Waals surface area contributed by atoms with Gasteiger partial charge in [0.05, 0.1) is 19.8 Å². The molecule has 0 saturated heterocycles. The number of hydrogen-bond donors (Lipinski definition) is 2. The van der Waals surface area contributed by atoms with Crippen LogP contribution in [-0.2, 0) is 4.79 Å². The number of rotatable bonds is 6. The maximum absolute atomic E-state index is 14.9. The molecule has 1 amide bonds. The van der Waals surface area contributed by atoms with E-state index in [9.17, 15) is 23.5 Å². The summed E-state index contributed by atoms with van der Waals surface area (Å²) in [5, 5.41) is 11.9. The number of methoxy groups -OCH3 is 2. The third kappa shape index (κ3) is 4.30. The predicted molar refractivity (Wildman–Crippen MR) is 111 cm³/mol. The van der Waals surface area contributed by atoms with Crippen molar-refractivity contribution in [3.05, 3.63) is 46.5 Å². The van der Waals surface area contributed by atoms with Gasteiger partial charge in [-0.2, -0.15) is 0 Å². The van der Waals surface area contributed by atoms with Crippen LogP contribution in [0.25, 0.3) is 11.1 Å². The zero-order valence-electron chi connectivity index (χ0n) is 17.1. The van der Waals surface area contributed by atoms with Gasteiger partial charge in [-0.3, -0.25) is 4.79 Å². The average Bonchev–Trinajstić information content (AvgIpc) is 2.76. The van der Waals surface area contributed by atoms with Crippen molar-refractivity contribution in [2.24, 2.45) is 0 Å². The van der Waals surface area contributed by atoms with E-state index in [2.05, 4.69) is 5.32 Å². The van der Waals surface area contributed by atoms with Gasteiger partial charge in [-0.25, -0.2) is 13.6 Å². The Morgan fingerprint density at radius 3 is 2.29 bits per heavy atom. The summed E-state index contributed by atoms with van der Waals surface area (Å²) in [5.41, 5.74) is -1.85. The summed E-state index contributed by atoms with van der Waals surface area (Å²) < 4.78 is 39.7. The van der Waals surface area contributed by atoms with Crippen molar-refractivity contribution in [3.63, 3.8) is 0 Å². The summed E-state index contributed by atoms with van der Waals surface area (Å²) in [6.45, 7) is 0. The molecule has 1 aliphatic carbocycles. The molecule has 0 heterocycles. The van der Waals surface area contributed by atoms with E-state index in [4.69, 9.17) is 21.1 Å². The van der Waals surface area contributed by atoms with Gasteiger partial charge in [-0.15, -0.1) is 0 Å². The van der Waals surface area contributed by atoms with Crippen LogP contribution in [0.5, 0.6) is 11.5 Å². The first-order valence-electron chi connectivity index (χ1n) is 9.70. The van der Waals surface area contributed by atoms with Crippen LogP contribution >= 0.6 is 11.6 Å². The van der Waals surface area contributed by atoms with Crippen LogP contribution in [0.1, 0.15) is 42.5 Å². The lowest BCUT2D eigenvalue weighted by Crippen LogP contribution is -2.55. The SMILES string of the molecule is COc1ccc(C(=O)NC2(C(=O)O)CCCCC2)cc1-c1c(F)cc(OC)c(Cl)c1F. The highest BCUT2D eigenvalue weighted by Crippen LogP contribution is 2.41. The van der Waals surface area contributed by atoms with Crippen molar-refractivity contribution in [1.29, 1.82) is 0 Å². The first-order valence-corrected chi connectivity index (χ1v) is 10.1. The molecule has 1 fully saturated rings. The molecule has 0 aliphatic heterocycles. The zero-order valence-corrected chi connectivity index (χ0v) is 17.8. The minimum atomic E-state index is -1.37. The highest BCUT2D eigenvalue weighted by Gasteiger charge is 2.41. The number of aliphatic carboxylic acids is 1. The molecule has 0 radical (unpaired) electrons. The number of carboxylic acid groups (broad SMARTS) is 1. The molecule has 2 N–H and O–H groups in total. The summed E-state index contributed by atoms with van der Waals surface area (Å²) in [5.74, 6) is -3.84. The predicted octanol–water partition coefficient (Wildman–Crippen LogP) is 4.82. The molecule has 0 aromatic heterocycles. The molecule has 1 aliphatic rings. The van der Waals surface area contributed by atoms with Crippen LogP contribution in [0.3, 0.4) is 0 Å². The first-order chi connectivity index (χ1) is 14.7. The van der Waals surface area contributed by atoms with E-state index in [-0.39, 0.29) is 22.6 Å². The third-order valence-corrected chi connectivity index (χ3v) is 5.90. The highest BCUT2D eigenvalue weighted by molar-refractivity contribution is 6.32. The van der Waals surface area contributed by atoms with Crippen LogP contribution in [0, 0.1) is 11.6 Å². The molecule has 166 valence electrons. The topological polar surface area (TPSA) is 84.9 Å². The molecule has 0 bridgehead atoms. The molecule has 31 heavy (non-hydrogen) atoms. The molecular weight excluding hydrogens is 432 g/mol. The number of halogens is 3. The Balaban J connectivity index is 2.05. The van der Waals surface area contributed by atoms with E-state index in [1.54, 1.807) is 0 Å². The molecular formula is C22H22ClF2NO5. The maximum Gasteiger partial charge on any atom is 0.329 e. The second-order valence-electron chi connectivity index (χ2n) is 7.38. The lowest BCUT2D eigenvalue weighted by Gasteiger charge is -2.34. The molecule has 2 aromatic carbocycles. The number of ether oxygens (including phenoxy) is 2. The average molecular weight is 454 g/mol. The van der Waals surface area contributed by atoms with E-state index in [1.165, 1.54) is 32.4 Å². The van der Waals surface area contributed by atoms with Gasteiger partial charge in [-0.1, -0.05) is 30.9 Å². The molecule has 9 heteroatoms. The summed E-state index contributed by atoms with van der Waals surface area (Å²) in [4.78, 5) is 24.8. The van der Waals surface area contributed by atoms with Crippen molar-refractivity contribution >= 4 is 23.5 Å². The summed E-state index contributed by atoms with van der Waals surface area (Å²) >= 11 is 5.95. The van der Waals surface area contributed by atoms with E-state index >= 15 is 0 Å². The minimum absolute atomic E-state index is 0.0349. The smallest absolute Gasteiger partial charge is 0.329 e. The molecule has 2 aromatic rings. The number of amides is 1. The van der Waals surface area contributed by atoms with Crippen molar-refractivity contribution < 1.29 is 33.0 Å². The lowest BCUT2D eigenvalue weighted by atomic mass is 9.81. The fourth-order valence-corrected chi connectivity index (χ4v) is 4.08. The Bertz CT molecular complexity index is 1020. The standard InChI is InChI=1S/C22H22ClF2NO5/c1-30-15-7-6-12(20(27)26-22(21(28)29)8-4-3-5-9-22)10-13(15)17-14(24)11-16(31-2)18(23)19(17)25/h6-7,10-11H,3-5,8-9H2,1-2H3,(H,26,27)(H,28,29). The Morgan fingerprint density at radius 1 is 1.06 bits per heavy atom.